The third-order valence-corrected chi connectivity index (χ3v) is 5.66. The second-order valence-corrected chi connectivity index (χ2v) is 7.61. The number of amides is 2. The molecule has 0 spiro atoms. The van der Waals surface area contributed by atoms with E-state index < -0.39 is 5.97 Å². The molecule has 0 radical (unpaired) electrons. The van der Waals surface area contributed by atoms with Crippen molar-refractivity contribution in [3.63, 3.8) is 0 Å². The number of hydrogen-bond acceptors (Lipinski definition) is 5. The minimum atomic E-state index is -0.402. The second kappa shape index (κ2) is 8.10. The molecule has 1 aliphatic heterocycles. The van der Waals surface area contributed by atoms with Crippen molar-refractivity contribution in [3.05, 3.63) is 47.8 Å². The molecule has 1 aliphatic carbocycles. The zero-order valence-corrected chi connectivity index (χ0v) is 16.4. The Kier molecular flexibility index (Phi) is 5.38. The van der Waals surface area contributed by atoms with Gasteiger partial charge in [-0.25, -0.2) is 14.6 Å². The van der Waals surface area contributed by atoms with E-state index in [0.29, 0.717) is 29.7 Å². The van der Waals surface area contributed by atoms with E-state index >= 15 is 0 Å². The Balaban J connectivity index is 1.58. The summed E-state index contributed by atoms with van der Waals surface area (Å²) in [5, 5.41) is 6.27. The summed E-state index contributed by atoms with van der Waals surface area (Å²) < 4.78 is 7.39. The van der Waals surface area contributed by atoms with Gasteiger partial charge in [0.2, 0.25) is 0 Å². The smallest absolute Gasteiger partial charge is 0.337 e. The van der Waals surface area contributed by atoms with Crippen LogP contribution in [0.15, 0.2) is 53.0 Å². The first-order valence-corrected chi connectivity index (χ1v) is 10.4. The Morgan fingerprint density at radius 1 is 1.32 bits per heavy atom. The fourth-order valence-electron chi connectivity index (χ4n) is 3.16. The van der Waals surface area contributed by atoms with Crippen molar-refractivity contribution in [1.29, 1.82) is 0 Å². The molecule has 1 saturated carbocycles. The van der Waals surface area contributed by atoms with Gasteiger partial charge in [-0.05, 0) is 25.3 Å². The van der Waals surface area contributed by atoms with Gasteiger partial charge in [-0.3, -0.25) is 0 Å². The molecule has 0 saturated heterocycles. The van der Waals surface area contributed by atoms with Crippen LogP contribution in [0.5, 0.6) is 0 Å². The van der Waals surface area contributed by atoms with Gasteiger partial charge in [0, 0.05) is 17.5 Å². The number of rotatable bonds is 7. The van der Waals surface area contributed by atoms with Crippen LogP contribution in [-0.4, -0.2) is 40.5 Å². The number of aromatic nitrogens is 2. The molecule has 4 rings (SSSR count). The molecule has 28 heavy (non-hydrogen) atoms. The van der Waals surface area contributed by atoms with Crippen molar-refractivity contribution >= 4 is 23.8 Å². The lowest BCUT2D eigenvalue weighted by Gasteiger charge is -2.21. The molecule has 2 amide bonds. The molecular formula is C20H22N4O3S. The summed E-state index contributed by atoms with van der Waals surface area (Å²) in [5.74, 6) is 0.0422. The molecule has 2 heterocycles. The maximum Gasteiger partial charge on any atom is 0.337 e. The number of carbonyl (C=O) groups is 2. The molecule has 8 heteroatoms. The van der Waals surface area contributed by atoms with Crippen molar-refractivity contribution in [2.75, 3.05) is 18.9 Å². The van der Waals surface area contributed by atoms with Crippen LogP contribution < -0.4 is 10.6 Å². The Morgan fingerprint density at radius 2 is 2.11 bits per heavy atom. The summed E-state index contributed by atoms with van der Waals surface area (Å²) in [4.78, 5) is 28.6. The van der Waals surface area contributed by atoms with E-state index in [9.17, 15) is 9.59 Å². The maximum absolute atomic E-state index is 12.2. The van der Waals surface area contributed by atoms with Gasteiger partial charge >= 0.3 is 12.0 Å². The van der Waals surface area contributed by atoms with Gasteiger partial charge in [-0.1, -0.05) is 42.1 Å². The average molecular weight is 398 g/mol. The van der Waals surface area contributed by atoms with Gasteiger partial charge in [0.25, 0.3) is 0 Å². The minimum absolute atomic E-state index is 0.174. The fourth-order valence-corrected chi connectivity index (χ4v) is 4.20. The molecular weight excluding hydrogens is 376 g/mol. The van der Waals surface area contributed by atoms with Crippen LogP contribution in [0.3, 0.4) is 0 Å². The Morgan fingerprint density at radius 3 is 2.82 bits per heavy atom. The highest BCUT2D eigenvalue weighted by Gasteiger charge is 2.30. The number of thioether (sulfide) groups is 1. The number of benzene rings is 1. The van der Waals surface area contributed by atoms with Crippen molar-refractivity contribution in [2.24, 2.45) is 0 Å². The number of nitrogens with one attached hydrogen (secondary N) is 2. The molecule has 7 nitrogen and oxygen atoms in total. The summed E-state index contributed by atoms with van der Waals surface area (Å²) >= 11 is 1.52. The number of carbonyl (C=O) groups excluding carboxylic acids is 2. The van der Waals surface area contributed by atoms with Crippen molar-refractivity contribution in [2.45, 2.75) is 31.0 Å². The topological polar surface area (TPSA) is 85.2 Å². The van der Waals surface area contributed by atoms with Crippen molar-refractivity contribution in [1.82, 2.24) is 20.2 Å². The van der Waals surface area contributed by atoms with Gasteiger partial charge in [-0.15, -0.1) is 0 Å². The lowest BCUT2D eigenvalue weighted by atomic mass is 10.2. The highest BCUT2D eigenvalue weighted by atomic mass is 32.2. The Hall–Kier alpha value is -2.74. The zero-order chi connectivity index (χ0) is 19.5. The predicted octanol–water partition coefficient (Wildman–Crippen LogP) is 3.11. The van der Waals surface area contributed by atoms with Crippen LogP contribution in [0.4, 0.5) is 4.79 Å². The fraction of sp³-hybridized carbons (Fsp3) is 0.350. The minimum Gasteiger partial charge on any atom is -0.463 e. The van der Waals surface area contributed by atoms with Crippen molar-refractivity contribution < 1.29 is 14.3 Å². The Labute approximate surface area is 167 Å². The SMILES string of the molecule is CCOC(=O)C1=C(CSc2ncc(-c3ccccc3)n2C2CC2)NC(=O)NC1. The first-order chi connectivity index (χ1) is 13.7. The zero-order valence-electron chi connectivity index (χ0n) is 15.6. The molecule has 2 aliphatic rings. The third kappa shape index (κ3) is 3.91. The quantitative estimate of drug-likeness (QED) is 0.553. The van der Waals surface area contributed by atoms with Crippen LogP contribution in [0.1, 0.15) is 25.8 Å². The number of hydrogen-bond donors (Lipinski definition) is 2. The number of imidazole rings is 1. The molecule has 2 N–H and O–H groups in total. The highest BCUT2D eigenvalue weighted by molar-refractivity contribution is 7.99. The van der Waals surface area contributed by atoms with Crippen molar-refractivity contribution in [3.8, 4) is 11.3 Å². The van der Waals surface area contributed by atoms with E-state index in [-0.39, 0.29) is 12.6 Å². The monoisotopic (exact) mass is 398 g/mol. The first kappa shape index (κ1) is 18.6. The second-order valence-electron chi connectivity index (χ2n) is 6.67. The van der Waals surface area contributed by atoms with Crippen LogP contribution in [0.25, 0.3) is 11.3 Å². The van der Waals surface area contributed by atoms with Crippen LogP contribution >= 0.6 is 11.8 Å². The normalized spacial score (nSPS) is 16.5. The van der Waals surface area contributed by atoms with E-state index in [1.165, 1.54) is 11.8 Å². The van der Waals surface area contributed by atoms with E-state index in [4.69, 9.17) is 4.74 Å². The summed E-state index contributed by atoms with van der Waals surface area (Å²) in [5.41, 5.74) is 3.27. The number of nitrogens with zero attached hydrogens (tertiary/aromatic N) is 2. The number of ether oxygens (including phenoxy) is 1. The predicted molar refractivity (Wildman–Crippen MR) is 107 cm³/mol. The van der Waals surface area contributed by atoms with E-state index in [1.807, 2.05) is 24.4 Å². The standard InChI is InChI=1S/C20H22N4O3S/c1-2-27-18(25)15-10-21-19(26)23-16(15)12-28-20-22-11-17(24(20)14-8-9-14)13-6-4-3-5-7-13/h3-7,11,14H,2,8-10,12H2,1H3,(H2,21,23,26). The van der Waals surface area contributed by atoms with Gasteiger partial charge in [0.1, 0.15) is 0 Å². The van der Waals surface area contributed by atoms with E-state index in [1.54, 1.807) is 6.92 Å². The molecule has 1 aromatic carbocycles. The lowest BCUT2D eigenvalue weighted by Crippen LogP contribution is -2.44. The number of esters is 1. The molecule has 1 fully saturated rings. The summed E-state index contributed by atoms with van der Waals surface area (Å²) in [6.45, 7) is 2.23. The maximum atomic E-state index is 12.2. The molecule has 2 aromatic rings. The summed E-state index contributed by atoms with van der Waals surface area (Å²) in [7, 11) is 0. The lowest BCUT2D eigenvalue weighted by molar-refractivity contribution is -0.138. The molecule has 0 bridgehead atoms. The van der Waals surface area contributed by atoms with Crippen LogP contribution in [0.2, 0.25) is 0 Å². The van der Waals surface area contributed by atoms with Crippen LogP contribution in [0, 0.1) is 0 Å². The van der Waals surface area contributed by atoms with Gasteiger partial charge in [0.15, 0.2) is 5.16 Å². The Bertz CT molecular complexity index is 919. The number of urea groups is 1. The molecule has 146 valence electrons. The summed E-state index contributed by atoms with van der Waals surface area (Å²) in [6.07, 6.45) is 4.18. The molecule has 1 aromatic heterocycles. The molecule has 0 atom stereocenters. The van der Waals surface area contributed by atoms with Crippen LogP contribution in [-0.2, 0) is 9.53 Å². The first-order valence-electron chi connectivity index (χ1n) is 9.36. The van der Waals surface area contributed by atoms with E-state index in [0.717, 1.165) is 29.3 Å². The third-order valence-electron chi connectivity index (χ3n) is 4.67. The van der Waals surface area contributed by atoms with Gasteiger partial charge in [-0.2, -0.15) is 0 Å². The van der Waals surface area contributed by atoms with E-state index in [2.05, 4.69) is 32.3 Å². The summed E-state index contributed by atoms with van der Waals surface area (Å²) in [6, 6.07) is 10.4. The molecule has 0 unspecified atom stereocenters. The van der Waals surface area contributed by atoms with Gasteiger partial charge in [0.05, 0.1) is 30.6 Å². The highest BCUT2D eigenvalue weighted by Crippen LogP contribution is 2.42. The average Bonchev–Trinajstić information content (AvgIpc) is 3.46. The van der Waals surface area contributed by atoms with Gasteiger partial charge < -0.3 is 19.9 Å². The largest absolute Gasteiger partial charge is 0.463 e.